The number of nitrogens with zero attached hydrogens (tertiary/aromatic N) is 1. The van der Waals surface area contributed by atoms with Crippen LogP contribution in [0.25, 0.3) is 32.4 Å². The van der Waals surface area contributed by atoms with Crippen molar-refractivity contribution in [3.8, 4) is 0 Å². The van der Waals surface area contributed by atoms with Crippen molar-refractivity contribution in [1.82, 2.24) is 9.88 Å². The Morgan fingerprint density at radius 2 is 1.45 bits per heavy atom. The van der Waals surface area contributed by atoms with Gasteiger partial charge in [-0.15, -0.1) is 0 Å². The highest BCUT2D eigenvalue weighted by Crippen LogP contribution is 2.29. The zero-order chi connectivity index (χ0) is 21.2. The molecule has 4 aromatic carbocycles. The molecule has 5 rings (SSSR count). The van der Waals surface area contributed by atoms with Gasteiger partial charge in [-0.05, 0) is 58.1 Å². The standard InChI is InChI=1S/C28H28N2O/c1-2-30-18-22(26-13-7-8-14-28(26)30)16-23(19-31)29-17-27-24-11-5-3-9-20(24)15-21-10-4-6-12-25(21)27/h3-15,18,23,29,31H,2,16-17,19H2,1H3/t23-/m0/s1. The highest BCUT2D eigenvalue weighted by atomic mass is 16.3. The average Bonchev–Trinajstić information content (AvgIpc) is 3.18. The molecule has 0 spiro atoms. The van der Waals surface area contributed by atoms with E-state index in [9.17, 15) is 5.11 Å². The van der Waals surface area contributed by atoms with Crippen LogP contribution in [0.5, 0.6) is 0 Å². The summed E-state index contributed by atoms with van der Waals surface area (Å²) in [6.45, 7) is 3.94. The normalized spacial score (nSPS) is 12.7. The molecular formula is C28H28N2O. The predicted molar refractivity (Wildman–Crippen MR) is 130 cm³/mol. The number of hydrogen-bond acceptors (Lipinski definition) is 2. The molecule has 3 nitrogen and oxygen atoms in total. The number of aryl methyl sites for hydroxylation is 1. The minimum atomic E-state index is -0.00570. The van der Waals surface area contributed by atoms with E-state index < -0.39 is 0 Å². The van der Waals surface area contributed by atoms with Crippen LogP contribution >= 0.6 is 0 Å². The monoisotopic (exact) mass is 408 g/mol. The van der Waals surface area contributed by atoms with Crippen molar-refractivity contribution < 1.29 is 5.11 Å². The van der Waals surface area contributed by atoms with Crippen LogP contribution in [0.15, 0.2) is 85.1 Å². The molecule has 0 saturated carbocycles. The van der Waals surface area contributed by atoms with Crippen LogP contribution in [0, 0.1) is 0 Å². The van der Waals surface area contributed by atoms with E-state index in [4.69, 9.17) is 0 Å². The molecule has 0 aliphatic carbocycles. The summed E-state index contributed by atoms with van der Waals surface area (Å²) >= 11 is 0. The summed E-state index contributed by atoms with van der Waals surface area (Å²) in [6.07, 6.45) is 3.04. The summed E-state index contributed by atoms with van der Waals surface area (Å²) in [5, 5.41) is 20.1. The van der Waals surface area contributed by atoms with Gasteiger partial charge in [-0.3, -0.25) is 0 Å². The molecule has 0 unspecified atom stereocenters. The highest BCUT2D eigenvalue weighted by molar-refractivity contribution is 6.02. The lowest BCUT2D eigenvalue weighted by Gasteiger charge is -2.18. The third-order valence-electron chi connectivity index (χ3n) is 6.35. The molecule has 3 heteroatoms. The summed E-state index contributed by atoms with van der Waals surface area (Å²) in [5.74, 6) is 0. The van der Waals surface area contributed by atoms with Crippen molar-refractivity contribution in [1.29, 1.82) is 0 Å². The summed E-state index contributed by atoms with van der Waals surface area (Å²) in [6, 6.07) is 27.9. The fourth-order valence-electron chi connectivity index (χ4n) is 4.76. The maximum absolute atomic E-state index is 10.2. The molecule has 0 radical (unpaired) electrons. The van der Waals surface area contributed by atoms with Gasteiger partial charge >= 0.3 is 0 Å². The fourth-order valence-corrected chi connectivity index (χ4v) is 4.76. The third-order valence-corrected chi connectivity index (χ3v) is 6.35. The Balaban J connectivity index is 1.46. The molecule has 0 saturated heterocycles. The Labute approximate surface area is 182 Å². The summed E-state index contributed by atoms with van der Waals surface area (Å²) in [7, 11) is 0. The number of aliphatic hydroxyl groups excluding tert-OH is 1. The number of rotatable bonds is 7. The van der Waals surface area contributed by atoms with Crippen LogP contribution in [0.2, 0.25) is 0 Å². The van der Waals surface area contributed by atoms with E-state index in [1.165, 1.54) is 43.6 Å². The minimum absolute atomic E-state index is 0.00570. The number of nitrogens with one attached hydrogen (secondary N) is 1. The quantitative estimate of drug-likeness (QED) is 0.341. The first-order valence-electron chi connectivity index (χ1n) is 11.1. The molecule has 2 N–H and O–H groups in total. The van der Waals surface area contributed by atoms with E-state index in [0.717, 1.165) is 19.5 Å². The third kappa shape index (κ3) is 3.71. The molecule has 0 aliphatic rings. The van der Waals surface area contributed by atoms with E-state index in [2.05, 4.69) is 102 Å². The first-order chi connectivity index (χ1) is 15.3. The fraction of sp³-hybridized carbons (Fsp3) is 0.214. The Bertz CT molecular complexity index is 1300. The number of aromatic nitrogens is 1. The van der Waals surface area contributed by atoms with Crippen LogP contribution in [0.3, 0.4) is 0 Å². The van der Waals surface area contributed by atoms with E-state index in [-0.39, 0.29) is 12.6 Å². The molecule has 0 fully saturated rings. The van der Waals surface area contributed by atoms with Crippen molar-refractivity contribution in [3.05, 3.63) is 96.2 Å². The summed E-state index contributed by atoms with van der Waals surface area (Å²) in [4.78, 5) is 0. The van der Waals surface area contributed by atoms with E-state index in [1.807, 2.05) is 0 Å². The number of benzene rings is 4. The topological polar surface area (TPSA) is 37.2 Å². The maximum atomic E-state index is 10.2. The molecule has 1 heterocycles. The summed E-state index contributed by atoms with van der Waals surface area (Å²) < 4.78 is 2.29. The van der Waals surface area contributed by atoms with Crippen LogP contribution in [-0.2, 0) is 19.5 Å². The SMILES string of the molecule is CCn1cc(C[C@@H](CO)NCc2c3ccccc3cc3ccccc23)c2ccccc21. The van der Waals surface area contributed by atoms with Gasteiger partial charge in [-0.1, -0.05) is 66.7 Å². The van der Waals surface area contributed by atoms with Crippen LogP contribution in [0.4, 0.5) is 0 Å². The Hall–Kier alpha value is -3.14. The maximum Gasteiger partial charge on any atom is 0.0588 e. The highest BCUT2D eigenvalue weighted by Gasteiger charge is 2.15. The lowest BCUT2D eigenvalue weighted by Crippen LogP contribution is -2.34. The molecular weight excluding hydrogens is 380 g/mol. The van der Waals surface area contributed by atoms with Gasteiger partial charge in [0.15, 0.2) is 0 Å². The van der Waals surface area contributed by atoms with Gasteiger partial charge in [0.25, 0.3) is 0 Å². The van der Waals surface area contributed by atoms with Crippen molar-refractivity contribution in [2.75, 3.05) is 6.61 Å². The molecule has 156 valence electrons. The van der Waals surface area contributed by atoms with Gasteiger partial charge in [-0.25, -0.2) is 0 Å². The summed E-state index contributed by atoms with van der Waals surface area (Å²) in [5.41, 5.74) is 3.84. The molecule has 0 bridgehead atoms. The lowest BCUT2D eigenvalue weighted by atomic mass is 9.96. The van der Waals surface area contributed by atoms with Crippen molar-refractivity contribution >= 4 is 32.4 Å². The van der Waals surface area contributed by atoms with Gasteiger partial charge in [0.05, 0.1) is 6.61 Å². The predicted octanol–water partition coefficient (Wildman–Crippen LogP) is 5.66. The molecule has 0 aliphatic heterocycles. The molecule has 0 amide bonds. The second kappa shape index (κ2) is 8.54. The number of para-hydroxylation sites is 1. The van der Waals surface area contributed by atoms with Crippen LogP contribution < -0.4 is 5.32 Å². The van der Waals surface area contributed by atoms with E-state index >= 15 is 0 Å². The van der Waals surface area contributed by atoms with Gasteiger partial charge in [0.2, 0.25) is 0 Å². The van der Waals surface area contributed by atoms with Gasteiger partial charge < -0.3 is 15.0 Å². The minimum Gasteiger partial charge on any atom is -0.395 e. The van der Waals surface area contributed by atoms with E-state index in [1.54, 1.807) is 0 Å². The first kappa shape index (κ1) is 19.8. The second-order valence-electron chi connectivity index (χ2n) is 8.22. The van der Waals surface area contributed by atoms with E-state index in [0.29, 0.717) is 0 Å². The van der Waals surface area contributed by atoms with Crippen molar-refractivity contribution in [3.63, 3.8) is 0 Å². The zero-order valence-electron chi connectivity index (χ0n) is 17.9. The largest absolute Gasteiger partial charge is 0.395 e. The van der Waals surface area contributed by atoms with Crippen molar-refractivity contribution in [2.45, 2.75) is 32.5 Å². The number of fused-ring (bicyclic) bond motifs is 3. The first-order valence-corrected chi connectivity index (χ1v) is 11.1. The lowest BCUT2D eigenvalue weighted by molar-refractivity contribution is 0.241. The van der Waals surface area contributed by atoms with Gasteiger partial charge in [0, 0.05) is 36.2 Å². The van der Waals surface area contributed by atoms with Crippen LogP contribution in [-0.4, -0.2) is 22.3 Å². The second-order valence-corrected chi connectivity index (χ2v) is 8.22. The van der Waals surface area contributed by atoms with Crippen LogP contribution in [0.1, 0.15) is 18.1 Å². The number of aliphatic hydroxyl groups is 1. The van der Waals surface area contributed by atoms with Gasteiger partial charge in [0.1, 0.15) is 0 Å². The molecule has 1 atom stereocenters. The average molecular weight is 409 g/mol. The van der Waals surface area contributed by atoms with Crippen molar-refractivity contribution in [2.24, 2.45) is 0 Å². The Morgan fingerprint density at radius 1 is 0.839 bits per heavy atom. The smallest absolute Gasteiger partial charge is 0.0588 e. The Morgan fingerprint density at radius 3 is 2.10 bits per heavy atom. The Kier molecular flexibility index (Phi) is 5.46. The number of hydrogen-bond donors (Lipinski definition) is 2. The molecule has 1 aromatic heterocycles. The molecule has 31 heavy (non-hydrogen) atoms. The zero-order valence-corrected chi connectivity index (χ0v) is 17.9. The van der Waals surface area contributed by atoms with Gasteiger partial charge in [-0.2, -0.15) is 0 Å². The molecule has 5 aromatic rings.